The monoisotopic (exact) mass is 790 g/mol. The van der Waals surface area contributed by atoms with E-state index < -0.39 is 48.0 Å². The number of allylic oxidation sites excluding steroid dienone is 1. The van der Waals surface area contributed by atoms with Crippen LogP contribution in [0.25, 0.3) is 0 Å². The van der Waals surface area contributed by atoms with E-state index in [1.54, 1.807) is 6.07 Å². The molecule has 0 amide bonds. The Labute approximate surface area is 342 Å². The number of carbonyl (C=O) groups excluding carboxylic acids is 1. The van der Waals surface area contributed by atoms with Crippen LogP contribution in [0.5, 0.6) is 17.2 Å². The number of ketones is 1. The number of aromatic hydroxyl groups is 1. The maximum atomic E-state index is 13.8. The highest BCUT2D eigenvalue weighted by atomic mass is 16.5. The minimum atomic E-state index is -1.11. The first-order valence-electron chi connectivity index (χ1n) is 21.2. The molecule has 0 radical (unpaired) electrons. The number of hydrogen-bond acceptors (Lipinski definition) is 11. The number of benzene rings is 2. The second kappa shape index (κ2) is 18.1. The van der Waals surface area contributed by atoms with Crippen LogP contribution in [0, 0.1) is 41.1 Å². The largest absolute Gasteiger partial charge is 0.508 e. The van der Waals surface area contributed by atoms with Crippen LogP contribution in [-0.4, -0.2) is 62.3 Å². The number of Topliss-reactive ketones (excluding diaryl/α,β-unsaturated/α-hetero) is 1. The lowest BCUT2D eigenvalue weighted by molar-refractivity contribution is -0.127. The summed E-state index contributed by atoms with van der Waals surface area (Å²) in [5.74, 6) is 9.50. The van der Waals surface area contributed by atoms with Gasteiger partial charge >= 0.3 is 0 Å². The smallest absolute Gasteiger partial charge is 0.187 e. The Balaban J connectivity index is 1.23. The lowest BCUT2D eigenvalue weighted by Crippen LogP contribution is -2.47. The lowest BCUT2D eigenvalue weighted by atomic mass is 9.73. The number of nitrogens with zero attached hydrogens (tertiary/aromatic N) is 2. The van der Waals surface area contributed by atoms with Crippen molar-refractivity contribution in [3.63, 3.8) is 0 Å². The second-order valence-corrected chi connectivity index (χ2v) is 16.7. The van der Waals surface area contributed by atoms with E-state index in [-0.39, 0.29) is 36.5 Å². The van der Waals surface area contributed by atoms with Crippen molar-refractivity contribution in [1.82, 2.24) is 4.90 Å². The first kappa shape index (κ1) is 41.5. The number of phenolic OH excluding ortho intramolecular Hbond substituents is 1. The Morgan fingerprint density at radius 1 is 1.05 bits per heavy atom. The van der Waals surface area contributed by atoms with E-state index in [0.29, 0.717) is 42.7 Å². The van der Waals surface area contributed by atoms with Gasteiger partial charge in [0.05, 0.1) is 35.4 Å². The van der Waals surface area contributed by atoms with Crippen LogP contribution in [0.2, 0.25) is 0 Å². The van der Waals surface area contributed by atoms with Gasteiger partial charge in [0, 0.05) is 42.9 Å². The number of phenols is 1. The highest BCUT2D eigenvalue weighted by Gasteiger charge is 2.48. The van der Waals surface area contributed by atoms with Crippen molar-refractivity contribution < 1.29 is 34.7 Å². The number of rotatable bonds is 14. The predicted molar refractivity (Wildman–Crippen MR) is 222 cm³/mol. The molecule has 4 aliphatic heterocycles. The summed E-state index contributed by atoms with van der Waals surface area (Å²) < 4.78 is 13.1. The molecule has 2 aromatic carbocycles. The molecule has 0 aromatic heterocycles. The van der Waals surface area contributed by atoms with Gasteiger partial charge in [-0.3, -0.25) is 9.79 Å². The number of unbranched alkanes of at least 4 members (excludes halogenated alkanes) is 2. The van der Waals surface area contributed by atoms with E-state index in [9.17, 15) is 25.2 Å². The Morgan fingerprint density at radius 2 is 1.86 bits per heavy atom. The zero-order valence-corrected chi connectivity index (χ0v) is 33.8. The topological polar surface area (TPSA) is 184 Å². The number of fused-ring (bicyclic) bond motifs is 6. The number of aryl methyl sites for hydroxylation is 1. The van der Waals surface area contributed by atoms with E-state index in [2.05, 4.69) is 35.7 Å². The van der Waals surface area contributed by atoms with Gasteiger partial charge < -0.3 is 46.3 Å². The molecule has 4 heterocycles. The number of nitrogens with two attached hydrogens (primary N) is 2. The summed E-state index contributed by atoms with van der Waals surface area (Å²) in [5, 5.41) is 44.6. The maximum absolute atomic E-state index is 13.8. The summed E-state index contributed by atoms with van der Waals surface area (Å²) in [6, 6.07) is 8.85. The van der Waals surface area contributed by atoms with E-state index in [1.807, 2.05) is 37.5 Å². The van der Waals surface area contributed by atoms with Gasteiger partial charge in [0.2, 0.25) is 0 Å². The Kier molecular flexibility index (Phi) is 13.0. The fraction of sp³-hybridized carbons (Fsp3) is 0.532. The Morgan fingerprint density at radius 3 is 2.62 bits per heavy atom. The van der Waals surface area contributed by atoms with E-state index in [0.717, 1.165) is 79.3 Å². The summed E-state index contributed by atoms with van der Waals surface area (Å²) in [4.78, 5) is 20.7. The molecule has 58 heavy (non-hydrogen) atoms. The average molecular weight is 791 g/mol. The number of ether oxygens (including phenoxy) is 2. The van der Waals surface area contributed by atoms with Crippen molar-refractivity contribution in [3.05, 3.63) is 75.6 Å². The molecule has 5 aliphatic rings. The van der Waals surface area contributed by atoms with Gasteiger partial charge in [0.15, 0.2) is 17.7 Å². The van der Waals surface area contributed by atoms with Crippen molar-refractivity contribution in [2.75, 3.05) is 6.54 Å². The van der Waals surface area contributed by atoms with Crippen LogP contribution in [0.3, 0.4) is 0 Å². The number of aliphatic imine (C=N–C) groups is 1. The molecule has 11 heteroatoms. The quantitative estimate of drug-likeness (QED) is 0.0756. The first-order valence-corrected chi connectivity index (χ1v) is 21.2. The second-order valence-electron chi connectivity index (χ2n) is 16.7. The molecule has 2 aromatic rings. The van der Waals surface area contributed by atoms with E-state index in [4.69, 9.17) is 25.9 Å². The highest BCUT2D eigenvalue weighted by molar-refractivity contribution is 5.87. The van der Waals surface area contributed by atoms with Gasteiger partial charge in [-0.15, -0.1) is 0 Å². The van der Waals surface area contributed by atoms with Crippen molar-refractivity contribution >= 4 is 12.0 Å². The summed E-state index contributed by atoms with van der Waals surface area (Å²) in [6.45, 7) is 4.58. The SMILES string of the molecule is CCCCC[C@H](C(=O)CCc1cc2c(cc1O)OC#CC1(CCCC1)[C@H]1C#C[C@H](O)c3ccc(C(N)N)cc3CC3=C4CN(C=C4N=C3)[C@@H]1O2)[C@H](O)C[C@H](O)CCC. The van der Waals surface area contributed by atoms with Gasteiger partial charge in [-0.25, -0.2) is 0 Å². The predicted octanol–water partition coefficient (Wildman–Crippen LogP) is 5.98. The van der Waals surface area contributed by atoms with Crippen molar-refractivity contribution in [1.29, 1.82) is 0 Å². The molecule has 7 rings (SSSR count). The van der Waals surface area contributed by atoms with Crippen LogP contribution < -0.4 is 20.9 Å². The third kappa shape index (κ3) is 8.85. The number of aliphatic hydroxyl groups is 3. The van der Waals surface area contributed by atoms with E-state index >= 15 is 0 Å². The average Bonchev–Trinajstić information content (AvgIpc) is 3.94. The lowest BCUT2D eigenvalue weighted by Gasteiger charge is -2.39. The molecule has 0 unspecified atom stereocenters. The van der Waals surface area contributed by atoms with E-state index in [1.165, 1.54) is 6.07 Å². The Hall–Kier alpha value is -4.62. The minimum Gasteiger partial charge on any atom is -0.508 e. The molecular formula is C47H58N4O7. The Bertz CT molecular complexity index is 2080. The fourth-order valence-corrected chi connectivity index (χ4v) is 9.29. The first-order chi connectivity index (χ1) is 28.0. The summed E-state index contributed by atoms with van der Waals surface area (Å²) in [5.41, 5.74) is 17.3. The molecule has 11 nitrogen and oxygen atoms in total. The van der Waals surface area contributed by atoms with Gasteiger partial charge in [-0.05, 0) is 78.8 Å². The zero-order chi connectivity index (χ0) is 41.0. The van der Waals surface area contributed by atoms with Crippen LogP contribution >= 0.6 is 0 Å². The van der Waals surface area contributed by atoms with Crippen LogP contribution in [-0.2, 0) is 17.6 Å². The van der Waals surface area contributed by atoms with Crippen molar-refractivity contribution in [3.8, 4) is 41.1 Å². The third-order valence-electron chi connectivity index (χ3n) is 12.6. The van der Waals surface area contributed by atoms with Gasteiger partial charge in [0.1, 0.15) is 23.7 Å². The van der Waals surface area contributed by atoms with Gasteiger partial charge in [-0.2, -0.15) is 0 Å². The molecule has 6 atom stereocenters. The number of hydrogen-bond donors (Lipinski definition) is 6. The minimum absolute atomic E-state index is 0.0502. The number of carbonyl (C=O) groups is 1. The maximum Gasteiger partial charge on any atom is 0.187 e. The van der Waals surface area contributed by atoms with Gasteiger partial charge in [-0.1, -0.05) is 88.3 Å². The molecule has 2 bridgehead atoms. The molecule has 1 spiro atoms. The van der Waals surface area contributed by atoms with Gasteiger partial charge in [0.25, 0.3) is 0 Å². The molecule has 8 N–H and O–H groups in total. The summed E-state index contributed by atoms with van der Waals surface area (Å²) >= 11 is 0. The fourth-order valence-electron chi connectivity index (χ4n) is 9.29. The highest BCUT2D eigenvalue weighted by Crippen LogP contribution is 2.49. The third-order valence-corrected chi connectivity index (χ3v) is 12.6. The zero-order valence-electron chi connectivity index (χ0n) is 33.8. The molecule has 1 aliphatic carbocycles. The molecule has 1 fully saturated rings. The van der Waals surface area contributed by atoms with Crippen LogP contribution in [0.15, 0.2) is 58.4 Å². The van der Waals surface area contributed by atoms with Crippen molar-refractivity contribution in [2.24, 2.45) is 33.7 Å². The molecule has 0 saturated heterocycles. The van der Waals surface area contributed by atoms with Crippen molar-refractivity contribution in [2.45, 2.75) is 134 Å². The van der Waals surface area contributed by atoms with Crippen LogP contribution in [0.4, 0.5) is 0 Å². The molecule has 1 saturated carbocycles. The standard InChI is InChI=1S/C47H58N4O7/c1-3-5-6-10-35(42(56)24-33(52)9-4-2)40(54)15-12-29-23-44-43(25-41(29)55)57-20-19-47(17-7-8-18-47)37-14-16-39(53)34-13-11-30(45(48)49)21-31(34)22-32-26-50-38-28-51(27-36(32)38)46(37)58-44/h11,13,21,23,25-26,28,33,35,37,39,42,45-46,52-53,55-56H,3-10,12,15,17-18,22,24,27,48-49H2,1-2H3/t33-,35-,37+,39+,42-,46-/m1/s1. The summed E-state index contributed by atoms with van der Waals surface area (Å²) in [6.07, 6.45) is 11.8. The van der Waals surface area contributed by atoms with Crippen LogP contribution in [0.1, 0.15) is 125 Å². The summed E-state index contributed by atoms with van der Waals surface area (Å²) in [7, 11) is 0. The number of aliphatic hydroxyl groups excluding tert-OH is 3. The molecule has 308 valence electrons. The normalized spacial score (nSPS) is 22.9. The molecular weight excluding hydrogens is 733 g/mol.